The smallest absolute Gasteiger partial charge is 0.244 e. The van der Waals surface area contributed by atoms with Gasteiger partial charge in [0.25, 0.3) is 0 Å². The van der Waals surface area contributed by atoms with E-state index < -0.39 is 28.5 Å². The summed E-state index contributed by atoms with van der Waals surface area (Å²) in [5.74, 6) is -0.725. The summed E-state index contributed by atoms with van der Waals surface area (Å²) in [4.78, 5) is 27.6. The second-order valence-electron chi connectivity index (χ2n) is 8.07. The summed E-state index contributed by atoms with van der Waals surface area (Å²) in [5.41, 5.74) is 2.22. The number of hydrogen-bond acceptors (Lipinski definition) is 4. The lowest BCUT2D eigenvalue weighted by Gasteiger charge is -2.31. The van der Waals surface area contributed by atoms with Gasteiger partial charge in [0, 0.05) is 17.6 Å². The summed E-state index contributed by atoms with van der Waals surface area (Å²) >= 11 is 3.40. The Morgan fingerprint density at radius 3 is 2.21 bits per heavy atom. The van der Waals surface area contributed by atoms with Crippen LogP contribution in [0.4, 0.5) is 5.69 Å². The van der Waals surface area contributed by atoms with Crippen molar-refractivity contribution in [2.45, 2.75) is 46.2 Å². The van der Waals surface area contributed by atoms with Crippen LogP contribution in [0.25, 0.3) is 0 Å². The van der Waals surface area contributed by atoms with Crippen molar-refractivity contribution in [3.8, 4) is 0 Å². The summed E-state index contributed by atoms with van der Waals surface area (Å²) < 4.78 is 27.0. The number of aryl methyl sites for hydroxylation is 1. The van der Waals surface area contributed by atoms with E-state index in [0.29, 0.717) is 12.2 Å². The van der Waals surface area contributed by atoms with Crippen LogP contribution in [-0.4, -0.2) is 50.5 Å². The summed E-state index contributed by atoms with van der Waals surface area (Å²) in [6.45, 7) is 5.90. The molecule has 9 heteroatoms. The van der Waals surface area contributed by atoms with Gasteiger partial charge in [0.2, 0.25) is 21.8 Å². The average Bonchev–Trinajstić information content (AvgIpc) is 2.76. The normalized spacial score (nSPS) is 12.2. The Morgan fingerprint density at radius 1 is 1.06 bits per heavy atom. The summed E-state index contributed by atoms with van der Waals surface area (Å²) in [6, 6.07) is 13.6. The second-order valence-corrected chi connectivity index (χ2v) is 10.9. The van der Waals surface area contributed by atoms with Crippen LogP contribution < -0.4 is 9.62 Å². The van der Waals surface area contributed by atoms with Gasteiger partial charge in [-0.1, -0.05) is 59.1 Å². The Kier molecular flexibility index (Phi) is 9.91. The van der Waals surface area contributed by atoms with Crippen molar-refractivity contribution < 1.29 is 18.0 Å². The van der Waals surface area contributed by atoms with Crippen LogP contribution in [-0.2, 0) is 26.2 Å². The fourth-order valence-electron chi connectivity index (χ4n) is 3.23. The molecule has 0 heterocycles. The predicted octanol–water partition coefficient (Wildman–Crippen LogP) is 3.86. The molecule has 1 atom stereocenters. The Bertz CT molecular complexity index is 1040. The predicted molar refractivity (Wildman–Crippen MR) is 135 cm³/mol. The van der Waals surface area contributed by atoms with Gasteiger partial charge < -0.3 is 10.2 Å². The Labute approximate surface area is 205 Å². The highest BCUT2D eigenvalue weighted by molar-refractivity contribution is 9.10. The van der Waals surface area contributed by atoms with Crippen LogP contribution in [0.3, 0.4) is 0 Å². The third-order valence-electron chi connectivity index (χ3n) is 5.26. The van der Waals surface area contributed by atoms with Crippen LogP contribution in [0.15, 0.2) is 53.0 Å². The molecule has 1 N–H and O–H groups in total. The van der Waals surface area contributed by atoms with E-state index in [9.17, 15) is 18.0 Å². The first kappa shape index (κ1) is 26.9. The third-order valence-corrected chi connectivity index (χ3v) is 6.93. The van der Waals surface area contributed by atoms with Gasteiger partial charge in [0.05, 0.1) is 11.9 Å². The molecular weight excluding hydrogens is 506 g/mol. The first-order valence-electron chi connectivity index (χ1n) is 10.9. The maximum atomic E-state index is 13.4. The Hall–Kier alpha value is -2.39. The van der Waals surface area contributed by atoms with E-state index in [1.165, 1.54) is 4.90 Å². The number of amides is 2. The molecular formula is C24H32BrN3O4S. The molecule has 2 amide bonds. The highest BCUT2D eigenvalue weighted by Gasteiger charge is 2.29. The van der Waals surface area contributed by atoms with Crippen LogP contribution in [0.1, 0.15) is 37.8 Å². The molecule has 0 radical (unpaired) electrons. The van der Waals surface area contributed by atoms with E-state index in [0.717, 1.165) is 39.0 Å². The molecule has 0 aliphatic rings. The molecule has 0 aliphatic heterocycles. The monoisotopic (exact) mass is 537 g/mol. The maximum Gasteiger partial charge on any atom is 0.244 e. The van der Waals surface area contributed by atoms with Crippen molar-refractivity contribution in [1.29, 1.82) is 0 Å². The molecule has 0 aliphatic carbocycles. The van der Waals surface area contributed by atoms with Crippen molar-refractivity contribution in [1.82, 2.24) is 10.2 Å². The van der Waals surface area contributed by atoms with Crippen LogP contribution >= 0.6 is 15.9 Å². The first-order valence-corrected chi connectivity index (χ1v) is 13.5. The summed E-state index contributed by atoms with van der Waals surface area (Å²) in [7, 11) is -3.72. The number of nitrogens with one attached hydrogen (secondary N) is 1. The molecule has 0 aromatic heterocycles. The van der Waals surface area contributed by atoms with Gasteiger partial charge >= 0.3 is 0 Å². The SMILES string of the molecule is CCCCNC(=O)[C@H](C)N(Cc1ccc(Br)cc1)C(=O)CN(c1ccc(C)cc1)S(C)(=O)=O. The number of rotatable bonds is 11. The van der Waals surface area contributed by atoms with E-state index in [-0.39, 0.29) is 12.5 Å². The van der Waals surface area contributed by atoms with E-state index in [1.807, 2.05) is 38.1 Å². The van der Waals surface area contributed by atoms with Crippen molar-refractivity contribution in [2.75, 3.05) is 23.7 Å². The Balaban J connectivity index is 2.32. The molecule has 0 fully saturated rings. The van der Waals surface area contributed by atoms with Crippen molar-refractivity contribution >= 4 is 43.5 Å². The highest BCUT2D eigenvalue weighted by Crippen LogP contribution is 2.20. The molecule has 0 saturated heterocycles. The number of carbonyl (C=O) groups is 2. The zero-order valence-electron chi connectivity index (χ0n) is 19.5. The lowest BCUT2D eigenvalue weighted by Crippen LogP contribution is -2.51. The maximum absolute atomic E-state index is 13.4. The largest absolute Gasteiger partial charge is 0.354 e. The topological polar surface area (TPSA) is 86.8 Å². The standard InChI is InChI=1S/C24H32BrN3O4S/c1-5-6-15-26-24(30)19(3)27(16-20-9-11-21(25)12-10-20)23(29)17-28(33(4,31)32)22-13-7-18(2)8-14-22/h7-14,19H,5-6,15-17H2,1-4H3,(H,26,30)/t19-/m0/s1. The summed E-state index contributed by atoms with van der Waals surface area (Å²) in [5, 5.41) is 2.86. The van der Waals surface area contributed by atoms with E-state index in [4.69, 9.17) is 0 Å². The molecule has 0 bridgehead atoms. The van der Waals surface area contributed by atoms with Crippen LogP contribution in [0.2, 0.25) is 0 Å². The zero-order chi connectivity index (χ0) is 24.6. The van der Waals surface area contributed by atoms with Crippen molar-refractivity contribution in [3.63, 3.8) is 0 Å². The van der Waals surface area contributed by atoms with Gasteiger partial charge in [0.1, 0.15) is 12.6 Å². The quantitative estimate of drug-likeness (QED) is 0.441. The number of sulfonamides is 1. The van der Waals surface area contributed by atoms with Gasteiger partial charge in [-0.15, -0.1) is 0 Å². The van der Waals surface area contributed by atoms with E-state index >= 15 is 0 Å². The molecule has 0 spiro atoms. The lowest BCUT2D eigenvalue weighted by molar-refractivity contribution is -0.139. The molecule has 2 aromatic carbocycles. The molecule has 7 nitrogen and oxygen atoms in total. The minimum absolute atomic E-state index is 0.181. The van der Waals surface area contributed by atoms with Gasteiger partial charge in [-0.3, -0.25) is 13.9 Å². The number of benzene rings is 2. The minimum Gasteiger partial charge on any atom is -0.354 e. The minimum atomic E-state index is -3.72. The van der Waals surface area contributed by atoms with Crippen LogP contribution in [0, 0.1) is 6.92 Å². The fourth-order valence-corrected chi connectivity index (χ4v) is 4.34. The molecule has 180 valence electrons. The van der Waals surface area contributed by atoms with E-state index in [1.54, 1.807) is 31.2 Å². The number of hydrogen-bond donors (Lipinski definition) is 1. The second kappa shape index (κ2) is 12.2. The third kappa shape index (κ3) is 8.16. The number of nitrogens with zero attached hydrogens (tertiary/aromatic N) is 2. The van der Waals surface area contributed by atoms with Gasteiger partial charge in [0.15, 0.2) is 0 Å². The van der Waals surface area contributed by atoms with Crippen molar-refractivity contribution in [2.24, 2.45) is 0 Å². The number of anilines is 1. The van der Waals surface area contributed by atoms with Gasteiger partial charge in [-0.05, 0) is 50.1 Å². The van der Waals surface area contributed by atoms with Gasteiger partial charge in [-0.25, -0.2) is 8.42 Å². The zero-order valence-corrected chi connectivity index (χ0v) is 21.9. The lowest BCUT2D eigenvalue weighted by atomic mass is 10.1. The number of unbranched alkanes of at least 4 members (excludes halogenated alkanes) is 1. The highest BCUT2D eigenvalue weighted by atomic mass is 79.9. The van der Waals surface area contributed by atoms with Crippen molar-refractivity contribution in [3.05, 3.63) is 64.1 Å². The molecule has 2 aromatic rings. The molecule has 33 heavy (non-hydrogen) atoms. The fraction of sp³-hybridized carbons (Fsp3) is 0.417. The number of halogens is 1. The first-order chi connectivity index (χ1) is 15.5. The molecule has 2 rings (SSSR count). The molecule has 0 unspecified atom stereocenters. The van der Waals surface area contributed by atoms with Gasteiger partial charge in [-0.2, -0.15) is 0 Å². The molecule has 0 saturated carbocycles. The van der Waals surface area contributed by atoms with Crippen LogP contribution in [0.5, 0.6) is 0 Å². The van der Waals surface area contributed by atoms with E-state index in [2.05, 4.69) is 21.2 Å². The Morgan fingerprint density at radius 2 is 1.67 bits per heavy atom. The summed E-state index contributed by atoms with van der Waals surface area (Å²) in [6.07, 6.45) is 2.85. The average molecular weight is 539 g/mol. The number of carbonyl (C=O) groups excluding carboxylic acids is 2.